The minimum absolute atomic E-state index is 0.0575. The number of phenols is 1. The number of aryl methyl sites for hydroxylation is 1. The summed E-state index contributed by atoms with van der Waals surface area (Å²) in [6.45, 7) is 5.64. The van der Waals surface area contributed by atoms with E-state index in [4.69, 9.17) is 28.6 Å². The Bertz CT molecular complexity index is 1180. The van der Waals surface area contributed by atoms with Gasteiger partial charge in [-0.15, -0.1) is 0 Å². The molecule has 2 aliphatic rings. The number of pyridine rings is 1. The quantitative estimate of drug-likeness (QED) is 0.499. The number of nitrogens with zero attached hydrogens (tertiary/aromatic N) is 3. The second-order valence-corrected chi connectivity index (χ2v) is 9.53. The molecule has 2 saturated heterocycles. The summed E-state index contributed by atoms with van der Waals surface area (Å²) in [5.74, 6) is 0.185. The van der Waals surface area contributed by atoms with Crippen molar-refractivity contribution in [1.29, 1.82) is 0 Å². The Morgan fingerprint density at radius 3 is 2.82 bits per heavy atom. The maximum Gasteiger partial charge on any atom is 0.170 e. The molecule has 0 spiro atoms. The maximum atomic E-state index is 10.6. The fourth-order valence-corrected chi connectivity index (χ4v) is 5.56. The summed E-state index contributed by atoms with van der Waals surface area (Å²) in [7, 11) is 0. The summed E-state index contributed by atoms with van der Waals surface area (Å²) in [6, 6.07) is 13.1. The largest absolute Gasteiger partial charge is 0.506 e. The average Bonchev–Trinajstić information content (AvgIpc) is 3.50. The third-order valence-electron chi connectivity index (χ3n) is 6.59. The Morgan fingerprint density at radius 2 is 2.09 bits per heavy atom. The van der Waals surface area contributed by atoms with Gasteiger partial charge >= 0.3 is 0 Å². The number of benzene rings is 1. The van der Waals surface area contributed by atoms with E-state index < -0.39 is 0 Å². The summed E-state index contributed by atoms with van der Waals surface area (Å²) in [5, 5.41) is 15.4. The van der Waals surface area contributed by atoms with Crippen LogP contribution in [0.5, 0.6) is 5.75 Å². The zero-order valence-electron chi connectivity index (χ0n) is 18.7. The van der Waals surface area contributed by atoms with Crippen LogP contribution < -0.4 is 5.32 Å². The lowest BCUT2D eigenvalue weighted by Crippen LogP contribution is -2.36. The number of phenolic OH excluding ortho intramolecular Hbond substituents is 1. The van der Waals surface area contributed by atoms with E-state index >= 15 is 0 Å². The van der Waals surface area contributed by atoms with Crippen LogP contribution in [0.3, 0.4) is 0 Å². The molecule has 0 bridgehead atoms. The molecule has 33 heavy (non-hydrogen) atoms. The molecule has 0 aliphatic carbocycles. The van der Waals surface area contributed by atoms with Crippen LogP contribution >= 0.6 is 23.8 Å². The van der Waals surface area contributed by atoms with Crippen LogP contribution in [-0.2, 0) is 4.74 Å². The highest BCUT2D eigenvalue weighted by molar-refractivity contribution is 7.80. The Labute approximate surface area is 204 Å². The van der Waals surface area contributed by atoms with E-state index in [9.17, 15) is 5.11 Å². The molecule has 0 unspecified atom stereocenters. The molecule has 2 N–H and O–H groups in total. The normalized spacial score (nSPS) is 22.7. The van der Waals surface area contributed by atoms with Crippen LogP contribution in [0, 0.1) is 13.8 Å². The first-order chi connectivity index (χ1) is 15.9. The average molecular weight is 483 g/mol. The number of nitrogens with one attached hydrogen (secondary N) is 1. The third kappa shape index (κ3) is 4.09. The van der Waals surface area contributed by atoms with Crippen LogP contribution in [0.15, 0.2) is 48.7 Å². The molecular weight excluding hydrogens is 456 g/mol. The van der Waals surface area contributed by atoms with Gasteiger partial charge in [0.15, 0.2) is 5.11 Å². The van der Waals surface area contributed by atoms with Gasteiger partial charge in [0.25, 0.3) is 0 Å². The van der Waals surface area contributed by atoms with E-state index in [1.165, 1.54) is 0 Å². The Morgan fingerprint density at radius 1 is 1.24 bits per heavy atom. The smallest absolute Gasteiger partial charge is 0.170 e. The second kappa shape index (κ2) is 8.97. The molecule has 4 heterocycles. The van der Waals surface area contributed by atoms with Crippen molar-refractivity contribution in [3.05, 3.63) is 76.3 Å². The molecule has 5 rings (SSSR count). The fourth-order valence-electron chi connectivity index (χ4n) is 5.08. The van der Waals surface area contributed by atoms with Gasteiger partial charge in [-0.2, -0.15) is 0 Å². The standard InChI is InChI=1S/C25H27ClN4O2S/c1-15-12-19(16(2)30(15)21-13-17(26)8-9-22(21)31)24-23(20-7-3-4-10-27-20)28-25(33)29(24)14-18-6-5-11-32-18/h3-4,7-10,12-13,18,23-24,31H,5-6,11,14H2,1-2H3,(H,28,33)/t18-,23+,24-/m1/s1. The molecule has 2 aromatic heterocycles. The summed E-state index contributed by atoms with van der Waals surface area (Å²) in [6.07, 6.45) is 4.09. The van der Waals surface area contributed by atoms with Crippen molar-refractivity contribution in [1.82, 2.24) is 19.8 Å². The Balaban J connectivity index is 1.61. The van der Waals surface area contributed by atoms with Gasteiger partial charge in [-0.3, -0.25) is 4.98 Å². The molecule has 1 aromatic carbocycles. The first-order valence-electron chi connectivity index (χ1n) is 11.2. The number of hydrogen-bond acceptors (Lipinski definition) is 4. The molecule has 172 valence electrons. The van der Waals surface area contributed by atoms with E-state index in [-0.39, 0.29) is 23.9 Å². The third-order valence-corrected chi connectivity index (χ3v) is 7.18. The van der Waals surface area contributed by atoms with Crippen molar-refractivity contribution in [3.8, 4) is 11.4 Å². The van der Waals surface area contributed by atoms with Gasteiger partial charge in [-0.25, -0.2) is 0 Å². The fraction of sp³-hybridized carbons (Fsp3) is 0.360. The Kier molecular flexibility index (Phi) is 6.03. The maximum absolute atomic E-state index is 10.6. The van der Waals surface area contributed by atoms with Gasteiger partial charge < -0.3 is 24.6 Å². The highest BCUT2D eigenvalue weighted by Gasteiger charge is 2.42. The summed E-state index contributed by atoms with van der Waals surface area (Å²) in [4.78, 5) is 6.88. The summed E-state index contributed by atoms with van der Waals surface area (Å²) in [5.41, 5.74) is 4.77. The molecule has 0 amide bonds. The van der Waals surface area contributed by atoms with E-state index in [2.05, 4.69) is 32.8 Å². The lowest BCUT2D eigenvalue weighted by Gasteiger charge is -2.30. The highest BCUT2D eigenvalue weighted by atomic mass is 35.5. The van der Waals surface area contributed by atoms with Gasteiger partial charge in [0, 0.05) is 35.8 Å². The molecule has 2 fully saturated rings. The number of hydrogen-bond donors (Lipinski definition) is 2. The zero-order valence-corrected chi connectivity index (χ0v) is 20.2. The molecule has 0 radical (unpaired) electrons. The first-order valence-corrected chi connectivity index (χ1v) is 12.0. The van der Waals surface area contributed by atoms with E-state index in [1.54, 1.807) is 18.2 Å². The SMILES string of the molecule is Cc1cc([C@@H]2[C@H](c3ccccn3)NC(=S)N2C[C@H]2CCCO2)c(C)n1-c1cc(Cl)ccc1O. The van der Waals surface area contributed by atoms with Gasteiger partial charge in [0.05, 0.1) is 29.6 Å². The number of aromatic nitrogens is 2. The molecule has 8 heteroatoms. The lowest BCUT2D eigenvalue weighted by molar-refractivity contribution is 0.0842. The van der Waals surface area contributed by atoms with Crippen LogP contribution in [0.2, 0.25) is 5.02 Å². The van der Waals surface area contributed by atoms with E-state index in [1.807, 2.05) is 31.3 Å². The predicted octanol–water partition coefficient (Wildman–Crippen LogP) is 5.00. The molecular formula is C25H27ClN4O2S. The van der Waals surface area contributed by atoms with Gasteiger partial charge in [0.2, 0.25) is 0 Å². The first kappa shape index (κ1) is 22.2. The lowest BCUT2D eigenvalue weighted by atomic mass is 9.96. The van der Waals surface area contributed by atoms with E-state index in [0.717, 1.165) is 48.6 Å². The van der Waals surface area contributed by atoms with Gasteiger partial charge in [0.1, 0.15) is 5.75 Å². The van der Waals surface area contributed by atoms with Crippen LogP contribution in [0.4, 0.5) is 0 Å². The van der Waals surface area contributed by atoms with Crippen LogP contribution in [-0.4, -0.2) is 43.9 Å². The van der Waals surface area contributed by atoms with Crippen molar-refractivity contribution in [2.45, 2.75) is 44.9 Å². The zero-order chi connectivity index (χ0) is 23.1. The number of halogens is 1. The summed E-state index contributed by atoms with van der Waals surface area (Å²) >= 11 is 12.1. The van der Waals surface area contributed by atoms with Crippen LogP contribution in [0.1, 0.15) is 47.6 Å². The van der Waals surface area contributed by atoms with Crippen molar-refractivity contribution < 1.29 is 9.84 Å². The van der Waals surface area contributed by atoms with Crippen LogP contribution in [0.25, 0.3) is 5.69 Å². The van der Waals surface area contributed by atoms with E-state index in [0.29, 0.717) is 15.8 Å². The number of thiocarbonyl (C=S) groups is 1. The number of aromatic hydroxyl groups is 1. The molecule has 3 atom stereocenters. The molecule has 6 nitrogen and oxygen atoms in total. The monoisotopic (exact) mass is 482 g/mol. The molecule has 2 aliphatic heterocycles. The van der Waals surface area contributed by atoms with Gasteiger partial charge in [-0.05, 0) is 80.9 Å². The number of rotatable bonds is 5. The molecule has 3 aromatic rings. The molecule has 0 saturated carbocycles. The minimum atomic E-state index is -0.0954. The van der Waals surface area contributed by atoms with Crippen molar-refractivity contribution in [2.75, 3.05) is 13.2 Å². The minimum Gasteiger partial charge on any atom is -0.506 e. The van der Waals surface area contributed by atoms with Crippen molar-refractivity contribution in [2.24, 2.45) is 0 Å². The van der Waals surface area contributed by atoms with Crippen molar-refractivity contribution >= 4 is 28.9 Å². The summed E-state index contributed by atoms with van der Waals surface area (Å²) < 4.78 is 8.00. The Hall–Kier alpha value is -2.61. The number of ether oxygens (including phenoxy) is 1. The topological polar surface area (TPSA) is 62.5 Å². The predicted molar refractivity (Wildman–Crippen MR) is 133 cm³/mol. The van der Waals surface area contributed by atoms with Gasteiger partial charge in [-0.1, -0.05) is 17.7 Å². The van der Waals surface area contributed by atoms with Crippen molar-refractivity contribution in [3.63, 3.8) is 0 Å². The highest BCUT2D eigenvalue weighted by Crippen LogP contribution is 2.42. The second-order valence-electron chi connectivity index (χ2n) is 8.71.